The van der Waals surface area contributed by atoms with Crippen molar-refractivity contribution < 1.29 is 27.4 Å². The van der Waals surface area contributed by atoms with Crippen LogP contribution in [0.4, 0.5) is 13.2 Å². The van der Waals surface area contributed by atoms with Gasteiger partial charge in [-0.05, 0) is 49.8 Å². The largest absolute Gasteiger partial charge is 0.507 e. The maximum absolute atomic E-state index is 13.7. The Bertz CT molecular complexity index is 1120. The van der Waals surface area contributed by atoms with E-state index in [0.717, 1.165) is 5.56 Å². The highest BCUT2D eigenvalue weighted by atomic mass is 35.5. The third-order valence-electron chi connectivity index (χ3n) is 4.60. The highest BCUT2D eigenvalue weighted by Crippen LogP contribution is 2.40. The van der Waals surface area contributed by atoms with Gasteiger partial charge in [0.2, 0.25) is 11.2 Å². The summed E-state index contributed by atoms with van der Waals surface area (Å²) < 4.78 is 51.7. The third-order valence-corrected chi connectivity index (χ3v) is 4.60. The average molecular weight is 458 g/mol. The number of hydrogen-bond acceptors (Lipinski definition) is 5. The maximum atomic E-state index is 13.7. The molecule has 1 aromatic heterocycles. The molecule has 0 aliphatic carbocycles. The average Bonchev–Trinajstić information content (AvgIpc) is 2.65. The van der Waals surface area contributed by atoms with Crippen LogP contribution in [0.5, 0.6) is 17.2 Å². The quantitative estimate of drug-likeness (QED) is 0.515. The standard InChI is InChI=1S/C22H22F3NO4.ClH/c1-12(2)13-5-7-14(8-6-13)29-20-18(28)15-9-10-17(27)16(11-26(3)4)19(15)30-21(20)22(23,24)25;/h5-10,12,27H,11H2,1-4H3;1H. The summed E-state index contributed by atoms with van der Waals surface area (Å²) in [5, 5.41) is 10.0. The molecule has 0 radical (unpaired) electrons. The lowest BCUT2D eigenvalue weighted by atomic mass is 10.0. The zero-order valence-electron chi connectivity index (χ0n) is 17.4. The zero-order chi connectivity index (χ0) is 22.2. The molecule has 5 nitrogen and oxygen atoms in total. The van der Waals surface area contributed by atoms with Gasteiger partial charge in [0.25, 0.3) is 5.76 Å². The van der Waals surface area contributed by atoms with Gasteiger partial charge in [-0.1, -0.05) is 26.0 Å². The molecule has 0 spiro atoms. The summed E-state index contributed by atoms with van der Waals surface area (Å²) in [5.74, 6) is -2.42. The fourth-order valence-electron chi connectivity index (χ4n) is 3.07. The molecule has 3 aromatic rings. The lowest BCUT2D eigenvalue weighted by Crippen LogP contribution is -2.17. The van der Waals surface area contributed by atoms with Gasteiger partial charge in [-0.3, -0.25) is 4.79 Å². The van der Waals surface area contributed by atoms with E-state index in [9.17, 15) is 23.1 Å². The molecule has 0 aliphatic rings. The summed E-state index contributed by atoms with van der Waals surface area (Å²) >= 11 is 0. The summed E-state index contributed by atoms with van der Waals surface area (Å²) in [6.45, 7) is 4.05. The molecule has 0 unspecified atom stereocenters. The number of nitrogens with zero attached hydrogens (tertiary/aromatic N) is 1. The molecule has 0 fully saturated rings. The van der Waals surface area contributed by atoms with Crippen molar-refractivity contribution in [2.45, 2.75) is 32.5 Å². The van der Waals surface area contributed by atoms with E-state index >= 15 is 0 Å². The zero-order valence-corrected chi connectivity index (χ0v) is 18.2. The maximum Gasteiger partial charge on any atom is 0.453 e. The Morgan fingerprint density at radius 1 is 1.10 bits per heavy atom. The molecule has 0 atom stereocenters. The topological polar surface area (TPSA) is 62.9 Å². The van der Waals surface area contributed by atoms with E-state index in [2.05, 4.69) is 0 Å². The van der Waals surface area contributed by atoms with Gasteiger partial charge in [0, 0.05) is 6.54 Å². The van der Waals surface area contributed by atoms with Crippen molar-refractivity contribution in [2.24, 2.45) is 0 Å². The number of alkyl halides is 3. The lowest BCUT2D eigenvalue weighted by Gasteiger charge is -2.17. The number of rotatable bonds is 5. The monoisotopic (exact) mass is 457 g/mol. The van der Waals surface area contributed by atoms with Crippen LogP contribution in [0.25, 0.3) is 11.0 Å². The fraction of sp³-hybridized carbons (Fsp3) is 0.318. The van der Waals surface area contributed by atoms with Crippen LogP contribution in [0, 0.1) is 0 Å². The summed E-state index contributed by atoms with van der Waals surface area (Å²) in [6.07, 6.45) is -4.97. The van der Waals surface area contributed by atoms with E-state index < -0.39 is 23.1 Å². The lowest BCUT2D eigenvalue weighted by molar-refractivity contribution is -0.154. The van der Waals surface area contributed by atoms with Crippen molar-refractivity contribution in [3.63, 3.8) is 0 Å². The first kappa shape index (κ1) is 24.6. The Hall–Kier alpha value is -2.71. The number of fused-ring (bicyclic) bond motifs is 1. The molecule has 0 aliphatic heterocycles. The van der Waals surface area contributed by atoms with Crippen LogP contribution in [0.3, 0.4) is 0 Å². The van der Waals surface area contributed by atoms with Gasteiger partial charge in [0.05, 0.1) is 10.9 Å². The molecule has 1 N–H and O–H groups in total. The van der Waals surface area contributed by atoms with Crippen LogP contribution in [0.1, 0.15) is 36.7 Å². The number of phenols is 1. The molecular formula is C22H23ClF3NO4. The minimum absolute atomic E-state index is 0. The Morgan fingerprint density at radius 3 is 2.23 bits per heavy atom. The smallest absolute Gasteiger partial charge is 0.453 e. The number of benzene rings is 2. The second-order valence-electron chi connectivity index (χ2n) is 7.59. The van der Waals surface area contributed by atoms with E-state index in [1.165, 1.54) is 24.3 Å². The third kappa shape index (κ3) is 5.14. The Labute approximate surface area is 183 Å². The molecule has 2 aromatic carbocycles. The predicted octanol–water partition coefficient (Wildman–Crippen LogP) is 5.92. The summed E-state index contributed by atoms with van der Waals surface area (Å²) in [6, 6.07) is 8.95. The molecule has 9 heteroatoms. The van der Waals surface area contributed by atoms with E-state index in [0.29, 0.717) is 0 Å². The van der Waals surface area contributed by atoms with E-state index in [-0.39, 0.29) is 52.9 Å². The van der Waals surface area contributed by atoms with Crippen LogP contribution in [-0.2, 0) is 12.7 Å². The molecule has 0 saturated heterocycles. The Kier molecular flexibility index (Phi) is 7.28. The number of ether oxygens (including phenoxy) is 1. The van der Waals surface area contributed by atoms with Crippen LogP contribution in [0.15, 0.2) is 45.6 Å². The summed E-state index contributed by atoms with van der Waals surface area (Å²) in [4.78, 5) is 14.6. The number of aromatic hydroxyl groups is 1. The van der Waals surface area contributed by atoms with Crippen molar-refractivity contribution in [1.29, 1.82) is 0 Å². The van der Waals surface area contributed by atoms with Gasteiger partial charge in [-0.25, -0.2) is 0 Å². The van der Waals surface area contributed by atoms with Gasteiger partial charge in [0.15, 0.2) is 0 Å². The predicted molar refractivity (Wildman–Crippen MR) is 114 cm³/mol. The van der Waals surface area contributed by atoms with Crippen LogP contribution in [-0.4, -0.2) is 24.1 Å². The van der Waals surface area contributed by atoms with Crippen molar-refractivity contribution >= 4 is 23.4 Å². The molecule has 0 saturated carbocycles. The van der Waals surface area contributed by atoms with Gasteiger partial charge in [-0.2, -0.15) is 13.2 Å². The first-order valence-corrected chi connectivity index (χ1v) is 9.30. The van der Waals surface area contributed by atoms with Gasteiger partial charge >= 0.3 is 6.18 Å². The fourth-order valence-corrected chi connectivity index (χ4v) is 3.07. The van der Waals surface area contributed by atoms with Crippen molar-refractivity contribution in [3.8, 4) is 17.2 Å². The minimum atomic E-state index is -4.97. The molecule has 3 rings (SSSR count). The number of halogens is 4. The van der Waals surface area contributed by atoms with Crippen molar-refractivity contribution in [1.82, 2.24) is 4.90 Å². The molecule has 0 bridgehead atoms. The first-order chi connectivity index (χ1) is 14.0. The Morgan fingerprint density at radius 2 is 1.71 bits per heavy atom. The number of hydrogen-bond donors (Lipinski definition) is 1. The van der Waals surface area contributed by atoms with Gasteiger partial charge < -0.3 is 19.2 Å². The molecule has 31 heavy (non-hydrogen) atoms. The van der Waals surface area contributed by atoms with Crippen LogP contribution < -0.4 is 10.2 Å². The SMILES string of the molecule is CC(C)c1ccc(Oc2c(C(F)(F)F)oc3c(CN(C)C)c(O)ccc3c2=O)cc1.Cl. The van der Waals surface area contributed by atoms with Crippen LogP contribution >= 0.6 is 12.4 Å². The molecule has 1 heterocycles. The Balaban J connectivity index is 0.00000341. The second kappa shape index (κ2) is 9.20. The van der Waals surface area contributed by atoms with E-state index in [1.807, 2.05) is 13.8 Å². The summed E-state index contributed by atoms with van der Waals surface area (Å²) in [7, 11) is 3.36. The van der Waals surface area contributed by atoms with Crippen LogP contribution in [0.2, 0.25) is 0 Å². The van der Waals surface area contributed by atoms with E-state index in [4.69, 9.17) is 9.15 Å². The normalized spacial score (nSPS) is 11.8. The van der Waals surface area contributed by atoms with Crippen molar-refractivity contribution in [2.75, 3.05) is 14.1 Å². The highest BCUT2D eigenvalue weighted by Gasteiger charge is 2.41. The summed E-state index contributed by atoms with van der Waals surface area (Å²) in [5.41, 5.74) is -0.208. The molecule has 0 amide bonds. The highest BCUT2D eigenvalue weighted by molar-refractivity contribution is 5.85. The van der Waals surface area contributed by atoms with Gasteiger partial charge in [-0.15, -0.1) is 12.4 Å². The van der Waals surface area contributed by atoms with Gasteiger partial charge in [0.1, 0.15) is 17.1 Å². The van der Waals surface area contributed by atoms with E-state index in [1.54, 1.807) is 31.1 Å². The first-order valence-electron chi connectivity index (χ1n) is 9.30. The second-order valence-corrected chi connectivity index (χ2v) is 7.59. The number of phenolic OH excluding ortho intramolecular Hbond substituents is 1. The molecule has 168 valence electrons. The molecular weight excluding hydrogens is 435 g/mol. The minimum Gasteiger partial charge on any atom is -0.507 e. The van der Waals surface area contributed by atoms with Crippen molar-refractivity contribution in [3.05, 3.63) is 63.5 Å².